The quantitative estimate of drug-likeness (QED) is 0.844. The number of hydrogen-bond acceptors (Lipinski definition) is 5. The minimum absolute atomic E-state index is 0.740. The Labute approximate surface area is 118 Å². The fourth-order valence-corrected chi connectivity index (χ4v) is 2.40. The summed E-state index contributed by atoms with van der Waals surface area (Å²) in [6.07, 6.45) is 1.90. The Balaban J connectivity index is 2.06. The molecule has 0 aliphatic carbocycles. The van der Waals surface area contributed by atoms with Gasteiger partial charge in [-0.05, 0) is 19.1 Å². The number of morpholine rings is 1. The monoisotopic (exact) mass is 270 g/mol. The van der Waals surface area contributed by atoms with E-state index < -0.39 is 0 Å². The van der Waals surface area contributed by atoms with Crippen molar-refractivity contribution in [1.29, 1.82) is 0 Å². The lowest BCUT2D eigenvalue weighted by molar-refractivity contribution is 0.122. The van der Waals surface area contributed by atoms with Gasteiger partial charge >= 0.3 is 0 Å². The SMILES string of the molecule is Cc1ncc(N2CCOCC2)c(-c2cccc(N)c2)n1. The number of nitrogen functional groups attached to an aromatic ring is 1. The van der Waals surface area contributed by atoms with Crippen LogP contribution in [0.3, 0.4) is 0 Å². The van der Waals surface area contributed by atoms with Gasteiger partial charge in [0, 0.05) is 24.3 Å². The molecule has 0 saturated carbocycles. The van der Waals surface area contributed by atoms with E-state index in [9.17, 15) is 0 Å². The van der Waals surface area contributed by atoms with Crippen LogP contribution < -0.4 is 10.6 Å². The third-order valence-corrected chi connectivity index (χ3v) is 3.40. The van der Waals surface area contributed by atoms with E-state index in [1.807, 2.05) is 37.4 Å². The Hall–Kier alpha value is -2.14. The Kier molecular flexibility index (Phi) is 3.52. The molecule has 1 aromatic carbocycles. The lowest BCUT2D eigenvalue weighted by atomic mass is 10.1. The average molecular weight is 270 g/mol. The molecule has 104 valence electrons. The first-order valence-corrected chi connectivity index (χ1v) is 6.76. The predicted octanol–water partition coefficient (Wildman–Crippen LogP) is 1.87. The number of hydrogen-bond donors (Lipinski definition) is 1. The van der Waals surface area contributed by atoms with Gasteiger partial charge in [0.1, 0.15) is 5.82 Å². The molecule has 2 N–H and O–H groups in total. The summed E-state index contributed by atoms with van der Waals surface area (Å²) in [4.78, 5) is 11.2. The second kappa shape index (κ2) is 5.46. The summed E-state index contributed by atoms with van der Waals surface area (Å²) in [6.45, 7) is 5.11. The van der Waals surface area contributed by atoms with Gasteiger partial charge in [0.2, 0.25) is 0 Å². The zero-order valence-electron chi connectivity index (χ0n) is 11.5. The van der Waals surface area contributed by atoms with E-state index in [4.69, 9.17) is 10.5 Å². The summed E-state index contributed by atoms with van der Waals surface area (Å²) in [5.41, 5.74) is 9.64. The summed E-state index contributed by atoms with van der Waals surface area (Å²) in [7, 11) is 0. The first-order valence-electron chi connectivity index (χ1n) is 6.76. The fourth-order valence-electron chi connectivity index (χ4n) is 2.40. The van der Waals surface area contributed by atoms with Gasteiger partial charge in [-0.3, -0.25) is 0 Å². The molecule has 5 heteroatoms. The molecule has 1 aliphatic rings. The summed E-state index contributed by atoms with van der Waals surface area (Å²) in [6, 6.07) is 7.81. The van der Waals surface area contributed by atoms with Crippen molar-refractivity contribution in [2.75, 3.05) is 36.9 Å². The van der Waals surface area contributed by atoms with Crippen LogP contribution in [0.1, 0.15) is 5.82 Å². The molecule has 1 fully saturated rings. The number of rotatable bonds is 2. The van der Waals surface area contributed by atoms with Gasteiger partial charge in [-0.2, -0.15) is 0 Å². The Morgan fingerprint density at radius 3 is 2.80 bits per heavy atom. The van der Waals surface area contributed by atoms with Crippen molar-refractivity contribution in [3.05, 3.63) is 36.3 Å². The average Bonchev–Trinajstić information content (AvgIpc) is 2.48. The predicted molar refractivity (Wildman–Crippen MR) is 79.6 cm³/mol. The van der Waals surface area contributed by atoms with Gasteiger partial charge in [0.05, 0.1) is 30.8 Å². The fraction of sp³-hybridized carbons (Fsp3) is 0.333. The van der Waals surface area contributed by atoms with Gasteiger partial charge in [-0.1, -0.05) is 12.1 Å². The Morgan fingerprint density at radius 1 is 1.25 bits per heavy atom. The molecule has 5 nitrogen and oxygen atoms in total. The normalized spacial score (nSPS) is 15.3. The molecule has 3 rings (SSSR count). The van der Waals surface area contributed by atoms with Crippen LogP contribution in [-0.4, -0.2) is 36.3 Å². The second-order valence-corrected chi connectivity index (χ2v) is 4.88. The number of benzene rings is 1. The van der Waals surface area contributed by atoms with Crippen molar-refractivity contribution < 1.29 is 4.74 Å². The third-order valence-electron chi connectivity index (χ3n) is 3.40. The highest BCUT2D eigenvalue weighted by molar-refractivity contribution is 5.76. The zero-order chi connectivity index (χ0) is 13.9. The van der Waals surface area contributed by atoms with Crippen molar-refractivity contribution >= 4 is 11.4 Å². The third kappa shape index (κ3) is 2.58. The van der Waals surface area contributed by atoms with Crippen molar-refractivity contribution in [1.82, 2.24) is 9.97 Å². The first-order chi connectivity index (χ1) is 9.74. The van der Waals surface area contributed by atoms with Crippen molar-refractivity contribution in [2.24, 2.45) is 0 Å². The van der Waals surface area contributed by atoms with Crippen molar-refractivity contribution in [3.8, 4) is 11.3 Å². The summed E-state index contributed by atoms with van der Waals surface area (Å²) in [5, 5.41) is 0. The smallest absolute Gasteiger partial charge is 0.126 e. The highest BCUT2D eigenvalue weighted by atomic mass is 16.5. The molecule has 1 saturated heterocycles. The van der Waals surface area contributed by atoms with E-state index in [1.165, 1.54) is 0 Å². The molecule has 0 unspecified atom stereocenters. The largest absolute Gasteiger partial charge is 0.399 e. The molecular formula is C15H18N4O. The van der Waals surface area contributed by atoms with Crippen LogP contribution in [0.2, 0.25) is 0 Å². The molecule has 1 aromatic heterocycles. The lowest BCUT2D eigenvalue weighted by Crippen LogP contribution is -2.36. The molecule has 2 aromatic rings. The molecule has 0 amide bonds. The zero-order valence-corrected chi connectivity index (χ0v) is 11.5. The second-order valence-electron chi connectivity index (χ2n) is 4.88. The van der Waals surface area contributed by atoms with Crippen LogP contribution in [0.15, 0.2) is 30.5 Å². The molecular weight excluding hydrogens is 252 g/mol. The number of anilines is 2. The van der Waals surface area contributed by atoms with Crippen LogP contribution in [0.5, 0.6) is 0 Å². The maximum absolute atomic E-state index is 5.89. The van der Waals surface area contributed by atoms with Crippen LogP contribution in [0.4, 0.5) is 11.4 Å². The summed E-state index contributed by atoms with van der Waals surface area (Å²) >= 11 is 0. The first kappa shape index (κ1) is 12.9. The summed E-state index contributed by atoms with van der Waals surface area (Å²) in [5.74, 6) is 0.763. The molecule has 0 atom stereocenters. The van der Waals surface area contributed by atoms with Crippen LogP contribution in [0.25, 0.3) is 11.3 Å². The van der Waals surface area contributed by atoms with E-state index in [2.05, 4.69) is 14.9 Å². The number of nitrogens with zero attached hydrogens (tertiary/aromatic N) is 3. The van der Waals surface area contributed by atoms with Gasteiger partial charge in [0.25, 0.3) is 0 Å². The summed E-state index contributed by atoms with van der Waals surface area (Å²) < 4.78 is 5.41. The topological polar surface area (TPSA) is 64.3 Å². The van der Waals surface area contributed by atoms with Gasteiger partial charge in [-0.25, -0.2) is 9.97 Å². The van der Waals surface area contributed by atoms with E-state index in [-0.39, 0.29) is 0 Å². The molecule has 0 radical (unpaired) electrons. The Morgan fingerprint density at radius 2 is 2.05 bits per heavy atom. The van der Waals surface area contributed by atoms with Crippen molar-refractivity contribution in [3.63, 3.8) is 0 Å². The van der Waals surface area contributed by atoms with E-state index in [0.717, 1.165) is 54.8 Å². The maximum Gasteiger partial charge on any atom is 0.126 e. The standard InChI is InChI=1S/C15H18N4O/c1-11-17-10-14(19-5-7-20-8-6-19)15(18-11)12-3-2-4-13(16)9-12/h2-4,9-10H,5-8,16H2,1H3. The lowest BCUT2D eigenvalue weighted by Gasteiger charge is -2.30. The minimum atomic E-state index is 0.740. The maximum atomic E-state index is 5.89. The molecule has 20 heavy (non-hydrogen) atoms. The van der Waals surface area contributed by atoms with Gasteiger partial charge in [-0.15, -0.1) is 0 Å². The van der Waals surface area contributed by atoms with Gasteiger partial charge in [0.15, 0.2) is 0 Å². The van der Waals surface area contributed by atoms with E-state index in [1.54, 1.807) is 0 Å². The molecule has 1 aliphatic heterocycles. The van der Waals surface area contributed by atoms with Gasteiger partial charge < -0.3 is 15.4 Å². The van der Waals surface area contributed by atoms with Crippen LogP contribution >= 0.6 is 0 Å². The highest BCUT2D eigenvalue weighted by Gasteiger charge is 2.17. The molecule has 0 bridgehead atoms. The van der Waals surface area contributed by atoms with E-state index in [0.29, 0.717) is 0 Å². The van der Waals surface area contributed by atoms with Crippen molar-refractivity contribution in [2.45, 2.75) is 6.92 Å². The minimum Gasteiger partial charge on any atom is -0.399 e. The number of aromatic nitrogens is 2. The number of ether oxygens (including phenoxy) is 1. The molecule has 2 heterocycles. The van der Waals surface area contributed by atoms with Crippen LogP contribution in [0, 0.1) is 6.92 Å². The highest BCUT2D eigenvalue weighted by Crippen LogP contribution is 2.30. The molecule has 0 spiro atoms. The number of nitrogens with two attached hydrogens (primary N) is 1. The number of aryl methyl sites for hydroxylation is 1. The van der Waals surface area contributed by atoms with E-state index >= 15 is 0 Å². The van der Waals surface area contributed by atoms with Crippen LogP contribution in [-0.2, 0) is 4.74 Å². The Bertz CT molecular complexity index is 609.